The first-order valence-corrected chi connectivity index (χ1v) is 14.5. The quantitative estimate of drug-likeness (QED) is 0.407. The second kappa shape index (κ2) is 13.4. The van der Waals surface area contributed by atoms with Crippen molar-refractivity contribution in [2.24, 2.45) is 5.92 Å². The Kier molecular flexibility index (Phi) is 10.4. The highest BCUT2D eigenvalue weighted by Crippen LogP contribution is 2.33. The summed E-state index contributed by atoms with van der Waals surface area (Å²) in [4.78, 5) is 25.4. The van der Waals surface area contributed by atoms with Crippen molar-refractivity contribution in [3.8, 4) is 0 Å². The molecule has 9 nitrogen and oxygen atoms in total. The van der Waals surface area contributed by atoms with Crippen molar-refractivity contribution in [3.63, 3.8) is 0 Å². The summed E-state index contributed by atoms with van der Waals surface area (Å²) in [6.07, 6.45) is 0.456. The van der Waals surface area contributed by atoms with Gasteiger partial charge in [0.15, 0.2) is 0 Å². The van der Waals surface area contributed by atoms with Crippen molar-refractivity contribution >= 4 is 33.3 Å². The average molecular weight is 586 g/mol. The van der Waals surface area contributed by atoms with E-state index >= 15 is 0 Å². The van der Waals surface area contributed by atoms with Crippen LogP contribution < -0.4 is 9.62 Å². The Labute approximate surface area is 231 Å². The Morgan fingerprint density at radius 1 is 1.00 bits per heavy atom. The maximum absolute atomic E-state index is 13.1. The number of sulfonamides is 1. The third kappa shape index (κ3) is 8.59. The third-order valence-corrected chi connectivity index (χ3v) is 8.33. The molecule has 2 heterocycles. The number of anilines is 2. The van der Waals surface area contributed by atoms with E-state index in [1.54, 1.807) is 36.4 Å². The molecular formula is C27H34F3N3O6S. The molecule has 2 aliphatic rings. The van der Waals surface area contributed by atoms with Crippen LogP contribution in [0.2, 0.25) is 0 Å². The first-order chi connectivity index (χ1) is 18.8. The summed E-state index contributed by atoms with van der Waals surface area (Å²) in [6, 6.07) is 11.5. The molecule has 2 aromatic carbocycles. The Morgan fingerprint density at radius 2 is 1.62 bits per heavy atom. The van der Waals surface area contributed by atoms with Crippen molar-refractivity contribution in [2.45, 2.75) is 50.1 Å². The molecule has 0 amide bonds. The fraction of sp³-hybridized carbons (Fsp3) is 0.481. The van der Waals surface area contributed by atoms with E-state index in [9.17, 15) is 31.5 Å². The van der Waals surface area contributed by atoms with E-state index in [1.807, 2.05) is 6.92 Å². The maximum atomic E-state index is 13.1. The van der Waals surface area contributed by atoms with Crippen LogP contribution in [0.3, 0.4) is 0 Å². The fourth-order valence-electron chi connectivity index (χ4n) is 4.90. The second-order valence-electron chi connectivity index (χ2n) is 9.90. The van der Waals surface area contributed by atoms with Crippen LogP contribution in [0, 0.1) is 5.92 Å². The van der Waals surface area contributed by atoms with Crippen molar-refractivity contribution in [1.29, 1.82) is 0 Å². The zero-order valence-corrected chi connectivity index (χ0v) is 23.0. The zero-order valence-electron chi connectivity index (χ0n) is 22.2. The lowest BCUT2D eigenvalue weighted by molar-refractivity contribution is -0.192. The number of aliphatic carboxylic acids is 1. The lowest BCUT2D eigenvalue weighted by atomic mass is 9.96. The Balaban J connectivity index is 0.000000559. The number of nitrogens with zero attached hydrogens (tertiary/aromatic N) is 2. The van der Waals surface area contributed by atoms with E-state index in [0.717, 1.165) is 63.2 Å². The Morgan fingerprint density at radius 3 is 2.17 bits per heavy atom. The lowest BCUT2D eigenvalue weighted by Crippen LogP contribution is -2.40. The molecule has 0 saturated carbocycles. The second-order valence-corrected chi connectivity index (χ2v) is 11.6. The van der Waals surface area contributed by atoms with Gasteiger partial charge in [-0.3, -0.25) is 4.72 Å². The number of halogens is 3. The van der Waals surface area contributed by atoms with Gasteiger partial charge in [0.1, 0.15) is 0 Å². The molecule has 4 rings (SSSR count). The van der Waals surface area contributed by atoms with Gasteiger partial charge >= 0.3 is 18.1 Å². The molecule has 2 aromatic rings. The van der Waals surface area contributed by atoms with Crippen molar-refractivity contribution in [3.05, 3.63) is 53.6 Å². The molecule has 2 saturated heterocycles. The van der Waals surface area contributed by atoms with E-state index in [1.165, 1.54) is 18.9 Å². The van der Waals surface area contributed by atoms with E-state index in [4.69, 9.17) is 9.90 Å². The number of rotatable bonds is 8. The molecule has 13 heteroatoms. The van der Waals surface area contributed by atoms with E-state index < -0.39 is 28.1 Å². The molecule has 1 atom stereocenters. The Hall–Kier alpha value is -3.32. The molecule has 220 valence electrons. The first kappa shape index (κ1) is 31.2. The van der Waals surface area contributed by atoms with E-state index in [2.05, 4.69) is 14.5 Å². The summed E-state index contributed by atoms with van der Waals surface area (Å²) in [5, 5.41) is 16.6. The lowest BCUT2D eigenvalue weighted by Gasteiger charge is -2.37. The predicted octanol–water partition coefficient (Wildman–Crippen LogP) is 4.69. The largest absolute Gasteiger partial charge is 0.490 e. The molecule has 3 N–H and O–H groups in total. The number of carboxylic acid groups (broad SMARTS) is 2. The SMILES string of the molecule is CCc1ccc(S(=O)(=O)Nc2cc(C(=O)O)ccc2N2CCCC(CN3CCCC3)C2)cc1.O=C(O)C(F)(F)F. The normalized spacial score (nSPS) is 18.1. The van der Waals surface area contributed by atoms with Crippen LogP contribution >= 0.6 is 0 Å². The van der Waals surface area contributed by atoms with Gasteiger partial charge in [0, 0.05) is 19.6 Å². The number of piperidine rings is 1. The number of likely N-dealkylation sites (tertiary alicyclic amines) is 1. The summed E-state index contributed by atoms with van der Waals surface area (Å²) in [7, 11) is -3.85. The topological polar surface area (TPSA) is 127 Å². The number of aromatic carboxylic acids is 1. The third-order valence-electron chi connectivity index (χ3n) is 6.95. The highest BCUT2D eigenvalue weighted by atomic mass is 32.2. The number of nitrogens with one attached hydrogen (secondary N) is 1. The van der Waals surface area contributed by atoms with Crippen LogP contribution in [-0.4, -0.2) is 74.4 Å². The number of alkyl halides is 3. The van der Waals surface area contributed by atoms with Crippen LogP contribution in [0.1, 0.15) is 48.5 Å². The van der Waals surface area contributed by atoms with Crippen LogP contribution in [0.4, 0.5) is 24.5 Å². The van der Waals surface area contributed by atoms with Gasteiger partial charge in [0.05, 0.1) is 21.8 Å². The van der Waals surface area contributed by atoms with Gasteiger partial charge in [-0.05, 0) is 87.0 Å². The van der Waals surface area contributed by atoms with Gasteiger partial charge in [0.25, 0.3) is 10.0 Å². The molecule has 0 spiro atoms. The van der Waals surface area contributed by atoms with Crippen molar-refractivity contribution in [2.75, 3.05) is 42.3 Å². The number of carboxylic acids is 2. The van der Waals surface area contributed by atoms with Gasteiger partial charge in [-0.15, -0.1) is 0 Å². The monoisotopic (exact) mass is 585 g/mol. The van der Waals surface area contributed by atoms with Crippen LogP contribution in [0.25, 0.3) is 0 Å². The molecule has 2 fully saturated rings. The molecule has 0 aliphatic carbocycles. The van der Waals surface area contributed by atoms with Crippen LogP contribution in [0.15, 0.2) is 47.4 Å². The standard InChI is InChI=1S/C25H33N3O4S.C2HF3O2/c1-2-19-7-10-22(11-8-19)33(31,32)26-23-16-21(25(29)30)9-12-24(23)28-15-5-6-20(18-28)17-27-13-3-4-14-27;3-2(4,5)1(6)7/h7-12,16,20,26H,2-6,13-15,17-18H2,1H3,(H,29,30);(H,6,7). The highest BCUT2D eigenvalue weighted by molar-refractivity contribution is 7.92. The molecule has 1 unspecified atom stereocenters. The minimum atomic E-state index is -5.08. The Bertz CT molecular complexity index is 1280. The average Bonchev–Trinajstić information content (AvgIpc) is 3.41. The number of benzene rings is 2. The van der Waals surface area contributed by atoms with Gasteiger partial charge in [-0.2, -0.15) is 13.2 Å². The molecule has 40 heavy (non-hydrogen) atoms. The van der Waals surface area contributed by atoms with Gasteiger partial charge < -0.3 is 20.0 Å². The predicted molar refractivity (Wildman–Crippen MR) is 144 cm³/mol. The minimum absolute atomic E-state index is 0.0587. The smallest absolute Gasteiger partial charge is 0.478 e. The maximum Gasteiger partial charge on any atom is 0.490 e. The van der Waals surface area contributed by atoms with Gasteiger partial charge in [-0.1, -0.05) is 19.1 Å². The van der Waals surface area contributed by atoms with Crippen LogP contribution in [-0.2, 0) is 21.2 Å². The summed E-state index contributed by atoms with van der Waals surface area (Å²) in [5.41, 5.74) is 2.17. The summed E-state index contributed by atoms with van der Waals surface area (Å²) >= 11 is 0. The van der Waals surface area contributed by atoms with E-state index in [0.29, 0.717) is 11.6 Å². The van der Waals surface area contributed by atoms with Gasteiger partial charge in [0.2, 0.25) is 0 Å². The minimum Gasteiger partial charge on any atom is -0.478 e. The van der Waals surface area contributed by atoms with Crippen molar-refractivity contribution < 1.29 is 41.4 Å². The molecule has 0 bridgehead atoms. The number of aryl methyl sites for hydroxylation is 1. The molecule has 2 aliphatic heterocycles. The number of carbonyl (C=O) groups is 2. The number of hydrogen-bond donors (Lipinski definition) is 3. The van der Waals surface area contributed by atoms with E-state index in [-0.39, 0.29) is 10.5 Å². The zero-order chi connectivity index (χ0) is 29.5. The molecule has 0 radical (unpaired) electrons. The summed E-state index contributed by atoms with van der Waals surface area (Å²) in [6.45, 7) is 7.05. The van der Waals surface area contributed by atoms with Crippen molar-refractivity contribution in [1.82, 2.24) is 4.90 Å². The summed E-state index contributed by atoms with van der Waals surface area (Å²) < 4.78 is 60.7. The molecule has 0 aromatic heterocycles. The fourth-order valence-corrected chi connectivity index (χ4v) is 5.96. The summed E-state index contributed by atoms with van der Waals surface area (Å²) in [5.74, 6) is -3.32. The van der Waals surface area contributed by atoms with Gasteiger partial charge in [-0.25, -0.2) is 18.0 Å². The first-order valence-electron chi connectivity index (χ1n) is 13.1. The molecular weight excluding hydrogens is 551 g/mol. The number of hydrogen-bond acceptors (Lipinski definition) is 6. The highest BCUT2D eigenvalue weighted by Gasteiger charge is 2.38. The van der Waals surface area contributed by atoms with Crippen LogP contribution in [0.5, 0.6) is 0 Å².